The fourth-order valence-corrected chi connectivity index (χ4v) is 2.08. The van der Waals surface area contributed by atoms with Crippen molar-refractivity contribution in [3.05, 3.63) is 41.2 Å². The lowest BCUT2D eigenvalue weighted by Gasteiger charge is -2.10. The van der Waals surface area contributed by atoms with Gasteiger partial charge in [0.05, 0.1) is 17.1 Å². The van der Waals surface area contributed by atoms with E-state index in [1.807, 2.05) is 13.2 Å². The first-order chi connectivity index (χ1) is 9.51. The van der Waals surface area contributed by atoms with Gasteiger partial charge in [0.25, 0.3) is 0 Å². The van der Waals surface area contributed by atoms with Crippen LogP contribution in [0.1, 0.15) is 28.5 Å². The summed E-state index contributed by atoms with van der Waals surface area (Å²) < 4.78 is 1.79. The molecule has 0 bridgehead atoms. The Morgan fingerprint density at radius 3 is 2.85 bits per heavy atom. The van der Waals surface area contributed by atoms with E-state index in [9.17, 15) is 4.79 Å². The number of carbonyl (C=O) groups excluding carboxylic acids is 1. The Bertz CT molecular complexity index is 632. The van der Waals surface area contributed by atoms with Crippen molar-refractivity contribution in [2.45, 2.75) is 19.9 Å². The van der Waals surface area contributed by atoms with E-state index >= 15 is 0 Å². The van der Waals surface area contributed by atoms with Gasteiger partial charge in [0.1, 0.15) is 0 Å². The second-order valence-electron chi connectivity index (χ2n) is 4.65. The van der Waals surface area contributed by atoms with Gasteiger partial charge in [-0.1, -0.05) is 6.92 Å². The Labute approximate surface area is 117 Å². The molecule has 1 aromatic carbocycles. The fourth-order valence-electron chi connectivity index (χ4n) is 2.08. The number of carbonyl (C=O) groups is 1. The summed E-state index contributed by atoms with van der Waals surface area (Å²) in [6.07, 6.45) is 2.84. The number of aromatic nitrogens is 2. The zero-order valence-corrected chi connectivity index (χ0v) is 11.7. The lowest BCUT2D eigenvalue weighted by atomic mass is 10.1. The van der Waals surface area contributed by atoms with Crippen molar-refractivity contribution in [3.8, 4) is 0 Å². The molecular weight excluding hydrogens is 254 g/mol. The molecule has 0 aliphatic rings. The van der Waals surface area contributed by atoms with Crippen LogP contribution in [-0.4, -0.2) is 15.7 Å². The van der Waals surface area contributed by atoms with Crippen LogP contribution in [0.25, 0.3) is 0 Å². The van der Waals surface area contributed by atoms with Gasteiger partial charge >= 0.3 is 0 Å². The van der Waals surface area contributed by atoms with Crippen LogP contribution in [0.4, 0.5) is 11.4 Å². The van der Waals surface area contributed by atoms with Crippen LogP contribution in [0.15, 0.2) is 24.4 Å². The maximum absolute atomic E-state index is 11.2. The number of rotatable bonds is 5. The predicted octanol–water partition coefficient (Wildman–Crippen LogP) is 1.28. The first kappa shape index (κ1) is 13.9. The molecule has 2 rings (SSSR count). The Morgan fingerprint density at radius 1 is 1.45 bits per heavy atom. The molecule has 0 saturated carbocycles. The van der Waals surface area contributed by atoms with Crippen LogP contribution in [0.2, 0.25) is 0 Å². The summed E-state index contributed by atoms with van der Waals surface area (Å²) >= 11 is 0. The molecule has 1 amide bonds. The maximum Gasteiger partial charge on any atom is 0.248 e. The first-order valence-electron chi connectivity index (χ1n) is 6.45. The van der Waals surface area contributed by atoms with Gasteiger partial charge < -0.3 is 16.8 Å². The number of nitrogens with zero attached hydrogens (tertiary/aromatic N) is 2. The lowest BCUT2D eigenvalue weighted by molar-refractivity contribution is 0.100. The fraction of sp³-hybridized carbons (Fsp3) is 0.286. The number of amides is 1. The standard InChI is InChI=1S/C14H19N5O/c1-3-12-10(8-19(2)18-12)7-17-13-6-9(14(16)20)4-5-11(13)15/h4-6,8,17H,3,7,15H2,1-2H3,(H2,16,20). The van der Waals surface area contributed by atoms with E-state index in [0.717, 1.165) is 17.7 Å². The summed E-state index contributed by atoms with van der Waals surface area (Å²) in [6.45, 7) is 2.66. The molecule has 0 aliphatic carbocycles. The average Bonchev–Trinajstić information content (AvgIpc) is 2.77. The average molecular weight is 273 g/mol. The Hall–Kier alpha value is -2.50. The van der Waals surface area contributed by atoms with E-state index in [4.69, 9.17) is 11.5 Å². The normalized spacial score (nSPS) is 10.5. The molecule has 0 unspecified atom stereocenters. The van der Waals surface area contributed by atoms with Crippen LogP contribution in [0.5, 0.6) is 0 Å². The number of primary amides is 1. The van der Waals surface area contributed by atoms with Crippen LogP contribution in [-0.2, 0) is 20.0 Å². The molecule has 5 N–H and O–H groups in total. The zero-order chi connectivity index (χ0) is 14.7. The largest absolute Gasteiger partial charge is 0.397 e. The van der Waals surface area contributed by atoms with Gasteiger partial charge in [-0.25, -0.2) is 0 Å². The third-order valence-electron chi connectivity index (χ3n) is 3.13. The number of benzene rings is 1. The molecule has 0 atom stereocenters. The molecule has 6 nitrogen and oxygen atoms in total. The molecule has 6 heteroatoms. The summed E-state index contributed by atoms with van der Waals surface area (Å²) in [4.78, 5) is 11.2. The van der Waals surface area contributed by atoms with Gasteiger partial charge in [-0.3, -0.25) is 9.48 Å². The van der Waals surface area contributed by atoms with Gasteiger partial charge in [-0.2, -0.15) is 5.10 Å². The van der Waals surface area contributed by atoms with E-state index in [2.05, 4.69) is 17.3 Å². The van der Waals surface area contributed by atoms with Crippen LogP contribution in [0, 0.1) is 0 Å². The summed E-state index contributed by atoms with van der Waals surface area (Å²) in [6, 6.07) is 4.95. The van der Waals surface area contributed by atoms with Crippen molar-refractivity contribution >= 4 is 17.3 Å². The third-order valence-corrected chi connectivity index (χ3v) is 3.13. The Morgan fingerprint density at radius 2 is 2.20 bits per heavy atom. The van der Waals surface area contributed by atoms with Crippen molar-refractivity contribution in [2.24, 2.45) is 12.8 Å². The van der Waals surface area contributed by atoms with Gasteiger partial charge in [-0.15, -0.1) is 0 Å². The highest BCUT2D eigenvalue weighted by Crippen LogP contribution is 2.21. The summed E-state index contributed by atoms with van der Waals surface area (Å²) in [5.41, 5.74) is 15.0. The number of nitrogens with one attached hydrogen (secondary N) is 1. The number of hydrogen-bond donors (Lipinski definition) is 3. The highest BCUT2D eigenvalue weighted by atomic mass is 16.1. The molecule has 0 saturated heterocycles. The molecule has 20 heavy (non-hydrogen) atoms. The highest BCUT2D eigenvalue weighted by Gasteiger charge is 2.08. The van der Waals surface area contributed by atoms with E-state index in [-0.39, 0.29) is 0 Å². The smallest absolute Gasteiger partial charge is 0.248 e. The van der Waals surface area contributed by atoms with E-state index in [0.29, 0.717) is 23.5 Å². The van der Waals surface area contributed by atoms with E-state index < -0.39 is 5.91 Å². The molecular formula is C14H19N5O. The first-order valence-corrected chi connectivity index (χ1v) is 6.45. The monoisotopic (exact) mass is 273 g/mol. The van der Waals surface area contributed by atoms with Crippen molar-refractivity contribution in [3.63, 3.8) is 0 Å². The Kier molecular flexibility index (Phi) is 3.93. The number of aryl methyl sites for hydroxylation is 2. The zero-order valence-electron chi connectivity index (χ0n) is 11.7. The molecule has 0 radical (unpaired) electrons. The molecule has 2 aromatic rings. The summed E-state index contributed by atoms with van der Waals surface area (Å²) in [7, 11) is 1.89. The second-order valence-corrected chi connectivity index (χ2v) is 4.65. The number of nitrogen functional groups attached to an aromatic ring is 1. The predicted molar refractivity (Wildman–Crippen MR) is 79.3 cm³/mol. The van der Waals surface area contributed by atoms with E-state index in [1.165, 1.54) is 0 Å². The minimum absolute atomic E-state index is 0.434. The highest BCUT2D eigenvalue weighted by molar-refractivity contribution is 5.94. The molecule has 0 aliphatic heterocycles. The minimum atomic E-state index is -0.469. The number of hydrogen-bond acceptors (Lipinski definition) is 4. The van der Waals surface area contributed by atoms with Gasteiger partial charge in [0, 0.05) is 30.9 Å². The van der Waals surface area contributed by atoms with Crippen LogP contribution >= 0.6 is 0 Å². The maximum atomic E-state index is 11.2. The van der Waals surface area contributed by atoms with Crippen LogP contribution in [0.3, 0.4) is 0 Å². The third kappa shape index (κ3) is 2.90. The van der Waals surface area contributed by atoms with Crippen molar-refractivity contribution in [1.82, 2.24) is 9.78 Å². The Balaban J connectivity index is 2.18. The van der Waals surface area contributed by atoms with E-state index in [1.54, 1.807) is 22.9 Å². The molecule has 106 valence electrons. The number of nitrogens with two attached hydrogens (primary N) is 2. The summed E-state index contributed by atoms with van der Waals surface area (Å²) in [5.74, 6) is -0.469. The number of anilines is 2. The van der Waals surface area contributed by atoms with Crippen LogP contribution < -0.4 is 16.8 Å². The topological polar surface area (TPSA) is 99.0 Å². The van der Waals surface area contributed by atoms with Gasteiger partial charge in [-0.05, 0) is 24.6 Å². The summed E-state index contributed by atoms with van der Waals surface area (Å²) in [5, 5.41) is 7.61. The van der Waals surface area contributed by atoms with Crippen molar-refractivity contribution in [1.29, 1.82) is 0 Å². The van der Waals surface area contributed by atoms with Gasteiger partial charge in [0.15, 0.2) is 0 Å². The molecule has 1 aromatic heterocycles. The van der Waals surface area contributed by atoms with Crippen molar-refractivity contribution in [2.75, 3.05) is 11.1 Å². The molecule has 1 heterocycles. The molecule has 0 fully saturated rings. The lowest BCUT2D eigenvalue weighted by Crippen LogP contribution is -2.12. The van der Waals surface area contributed by atoms with Gasteiger partial charge in [0.2, 0.25) is 5.91 Å². The van der Waals surface area contributed by atoms with Crippen molar-refractivity contribution < 1.29 is 4.79 Å². The second kappa shape index (κ2) is 5.64. The molecule has 0 spiro atoms. The quantitative estimate of drug-likeness (QED) is 0.714. The SMILES string of the molecule is CCc1nn(C)cc1CNc1cc(C(N)=O)ccc1N. The minimum Gasteiger partial charge on any atom is -0.397 e.